The number of hydrogen-bond donors (Lipinski definition) is 1. The first-order valence-corrected chi connectivity index (χ1v) is 6.21. The summed E-state index contributed by atoms with van der Waals surface area (Å²) in [6.07, 6.45) is 4.31. The number of carbonyl (C=O) groups is 1. The van der Waals surface area contributed by atoms with Crippen molar-refractivity contribution in [1.82, 2.24) is 20.3 Å². The molecule has 1 N–H and O–H groups in total. The molecule has 0 aliphatic rings. The van der Waals surface area contributed by atoms with E-state index in [1.807, 2.05) is 0 Å². The molecule has 0 fully saturated rings. The van der Waals surface area contributed by atoms with Gasteiger partial charge in [0.1, 0.15) is 5.56 Å². The number of aryl methyl sites for hydroxylation is 1. The molecule has 0 aromatic carbocycles. The van der Waals surface area contributed by atoms with Crippen molar-refractivity contribution in [3.05, 3.63) is 56.9 Å². The summed E-state index contributed by atoms with van der Waals surface area (Å²) >= 11 is 5.65. The van der Waals surface area contributed by atoms with Gasteiger partial charge < -0.3 is 5.32 Å². The van der Waals surface area contributed by atoms with Gasteiger partial charge in [-0.15, -0.1) is 0 Å². The van der Waals surface area contributed by atoms with Crippen molar-refractivity contribution in [2.75, 3.05) is 0 Å². The Morgan fingerprint density at radius 3 is 2.76 bits per heavy atom. The number of pyridine rings is 1. The first-order valence-electron chi connectivity index (χ1n) is 5.83. The second-order valence-corrected chi connectivity index (χ2v) is 4.44. The number of amides is 1. The summed E-state index contributed by atoms with van der Waals surface area (Å²) < 4.78 is 0. The molecule has 2 heterocycles. The molecule has 0 spiro atoms. The van der Waals surface area contributed by atoms with Gasteiger partial charge in [0.05, 0.1) is 29.1 Å². The van der Waals surface area contributed by atoms with Gasteiger partial charge in [-0.2, -0.15) is 0 Å². The maximum atomic E-state index is 12.0. The molecule has 0 radical (unpaired) electrons. The second-order valence-electron chi connectivity index (χ2n) is 4.09. The molecule has 0 bridgehead atoms. The lowest BCUT2D eigenvalue weighted by Gasteiger charge is -2.06. The van der Waals surface area contributed by atoms with Crippen molar-refractivity contribution in [1.29, 1.82) is 0 Å². The van der Waals surface area contributed by atoms with Gasteiger partial charge in [-0.05, 0) is 13.0 Å². The predicted octanol–water partition coefficient (Wildman–Crippen LogP) is 1.67. The molecule has 2 aromatic rings. The average Bonchev–Trinajstić information content (AvgIpc) is 2.45. The number of aromatic nitrogens is 3. The summed E-state index contributed by atoms with van der Waals surface area (Å²) in [6, 6.07) is 1.24. The third-order valence-corrected chi connectivity index (χ3v) is 2.85. The van der Waals surface area contributed by atoms with Crippen LogP contribution in [0, 0.1) is 17.0 Å². The monoisotopic (exact) mass is 307 g/mol. The van der Waals surface area contributed by atoms with E-state index in [0.717, 1.165) is 5.69 Å². The highest BCUT2D eigenvalue weighted by atomic mass is 35.5. The van der Waals surface area contributed by atoms with E-state index in [1.165, 1.54) is 18.5 Å². The average molecular weight is 308 g/mol. The van der Waals surface area contributed by atoms with Crippen LogP contribution < -0.4 is 5.32 Å². The van der Waals surface area contributed by atoms with E-state index in [-0.39, 0.29) is 17.3 Å². The van der Waals surface area contributed by atoms with E-state index in [1.54, 1.807) is 13.1 Å². The highest BCUT2D eigenvalue weighted by molar-refractivity contribution is 6.32. The Balaban J connectivity index is 2.16. The molecular formula is C12H10ClN5O3. The highest BCUT2D eigenvalue weighted by Gasteiger charge is 2.24. The minimum Gasteiger partial charge on any atom is -0.346 e. The molecule has 21 heavy (non-hydrogen) atoms. The summed E-state index contributed by atoms with van der Waals surface area (Å²) in [4.78, 5) is 33.9. The molecular weight excluding hydrogens is 298 g/mol. The van der Waals surface area contributed by atoms with Crippen LogP contribution in [-0.4, -0.2) is 25.8 Å². The Bertz CT molecular complexity index is 690. The maximum absolute atomic E-state index is 12.0. The summed E-state index contributed by atoms with van der Waals surface area (Å²) in [6.45, 7) is 1.89. The number of halogens is 1. The van der Waals surface area contributed by atoms with Gasteiger partial charge in [-0.1, -0.05) is 11.6 Å². The third kappa shape index (κ3) is 3.48. The van der Waals surface area contributed by atoms with E-state index < -0.39 is 16.5 Å². The van der Waals surface area contributed by atoms with E-state index in [2.05, 4.69) is 20.3 Å². The summed E-state index contributed by atoms with van der Waals surface area (Å²) in [7, 11) is 0. The Labute approximate surface area is 124 Å². The van der Waals surface area contributed by atoms with Crippen molar-refractivity contribution in [2.24, 2.45) is 0 Å². The predicted molar refractivity (Wildman–Crippen MR) is 73.8 cm³/mol. The number of rotatable bonds is 4. The molecule has 9 heteroatoms. The van der Waals surface area contributed by atoms with Crippen molar-refractivity contribution >= 4 is 23.2 Å². The zero-order chi connectivity index (χ0) is 15.4. The topological polar surface area (TPSA) is 111 Å². The Hall–Kier alpha value is -2.61. The number of carbonyl (C=O) groups excluding carboxylic acids is 1. The number of nitro groups is 1. The lowest BCUT2D eigenvalue weighted by atomic mass is 10.2. The quantitative estimate of drug-likeness (QED) is 0.522. The fourth-order valence-corrected chi connectivity index (χ4v) is 1.79. The number of nitrogens with zero attached hydrogens (tertiary/aromatic N) is 4. The molecule has 0 aliphatic heterocycles. The lowest BCUT2D eigenvalue weighted by Crippen LogP contribution is -2.24. The van der Waals surface area contributed by atoms with Crippen LogP contribution in [0.25, 0.3) is 0 Å². The van der Waals surface area contributed by atoms with E-state index in [9.17, 15) is 14.9 Å². The molecule has 0 saturated heterocycles. The van der Waals surface area contributed by atoms with E-state index in [0.29, 0.717) is 5.69 Å². The van der Waals surface area contributed by atoms with Gasteiger partial charge in [0.15, 0.2) is 0 Å². The molecule has 0 atom stereocenters. The van der Waals surface area contributed by atoms with Crippen LogP contribution in [0.15, 0.2) is 24.7 Å². The lowest BCUT2D eigenvalue weighted by molar-refractivity contribution is -0.385. The normalized spacial score (nSPS) is 10.2. The Morgan fingerprint density at radius 2 is 2.14 bits per heavy atom. The van der Waals surface area contributed by atoms with E-state index in [4.69, 9.17) is 11.6 Å². The van der Waals surface area contributed by atoms with Gasteiger partial charge in [0.25, 0.3) is 5.91 Å². The molecule has 2 aromatic heterocycles. The summed E-state index contributed by atoms with van der Waals surface area (Å²) in [5.74, 6) is -0.631. The van der Waals surface area contributed by atoms with Crippen LogP contribution >= 0.6 is 11.6 Å². The smallest absolute Gasteiger partial charge is 0.319 e. The summed E-state index contributed by atoms with van der Waals surface area (Å²) in [5.41, 5.74) is 0.616. The van der Waals surface area contributed by atoms with Gasteiger partial charge in [-0.25, -0.2) is 4.98 Å². The third-order valence-electron chi connectivity index (χ3n) is 2.57. The van der Waals surface area contributed by atoms with Gasteiger partial charge in [0.2, 0.25) is 5.15 Å². The van der Waals surface area contributed by atoms with E-state index >= 15 is 0 Å². The first-order chi connectivity index (χ1) is 9.99. The Morgan fingerprint density at radius 1 is 1.38 bits per heavy atom. The zero-order valence-electron chi connectivity index (χ0n) is 10.9. The van der Waals surface area contributed by atoms with Gasteiger partial charge >= 0.3 is 5.69 Å². The van der Waals surface area contributed by atoms with Gasteiger partial charge in [-0.3, -0.25) is 24.9 Å². The standard InChI is InChI=1S/C12H10ClN5O3/c1-7-4-16-8(5-15-7)6-17-12(19)9-2-3-14-11(13)10(9)18(20)21/h2-5H,6H2,1H3,(H,17,19). The zero-order valence-corrected chi connectivity index (χ0v) is 11.7. The van der Waals surface area contributed by atoms with Crippen LogP contribution in [0.1, 0.15) is 21.7 Å². The molecule has 2 rings (SSSR count). The highest BCUT2D eigenvalue weighted by Crippen LogP contribution is 2.25. The number of nitrogens with one attached hydrogen (secondary N) is 1. The fraction of sp³-hybridized carbons (Fsp3) is 0.167. The molecule has 108 valence electrons. The van der Waals surface area contributed by atoms with Crippen LogP contribution in [-0.2, 0) is 6.54 Å². The summed E-state index contributed by atoms with van der Waals surface area (Å²) in [5, 5.41) is 13.1. The van der Waals surface area contributed by atoms with Crippen molar-refractivity contribution in [2.45, 2.75) is 13.5 Å². The molecule has 0 aliphatic carbocycles. The first kappa shape index (κ1) is 14.8. The molecule has 8 nitrogen and oxygen atoms in total. The maximum Gasteiger partial charge on any atom is 0.319 e. The van der Waals surface area contributed by atoms with Crippen LogP contribution in [0.3, 0.4) is 0 Å². The number of hydrogen-bond acceptors (Lipinski definition) is 6. The SMILES string of the molecule is Cc1cnc(CNC(=O)c2ccnc(Cl)c2[N+](=O)[O-])cn1. The largest absolute Gasteiger partial charge is 0.346 e. The van der Waals surface area contributed by atoms with Crippen molar-refractivity contribution in [3.8, 4) is 0 Å². The molecule has 1 amide bonds. The fourth-order valence-electron chi connectivity index (χ4n) is 1.56. The van der Waals surface area contributed by atoms with Crippen molar-refractivity contribution in [3.63, 3.8) is 0 Å². The second kappa shape index (κ2) is 6.23. The molecule has 0 saturated carbocycles. The van der Waals surface area contributed by atoms with Crippen molar-refractivity contribution < 1.29 is 9.72 Å². The van der Waals surface area contributed by atoms with Crippen LogP contribution in [0.2, 0.25) is 5.15 Å². The Kier molecular flexibility index (Phi) is 4.39. The van der Waals surface area contributed by atoms with Gasteiger partial charge in [0, 0.05) is 12.4 Å². The van der Waals surface area contributed by atoms with Crippen LogP contribution in [0.4, 0.5) is 5.69 Å². The van der Waals surface area contributed by atoms with Crippen LogP contribution in [0.5, 0.6) is 0 Å². The molecule has 0 unspecified atom stereocenters. The minimum atomic E-state index is -0.740. The minimum absolute atomic E-state index is 0.100.